The Morgan fingerprint density at radius 1 is 1.38 bits per heavy atom. The minimum absolute atomic E-state index is 0.00236. The Balaban J connectivity index is 3.11. The minimum atomic E-state index is -0.988. The van der Waals surface area contributed by atoms with Crippen LogP contribution in [0.1, 0.15) is 53.4 Å². The lowest BCUT2D eigenvalue weighted by Gasteiger charge is -2.51. The average Bonchev–Trinajstić information content (AvgIpc) is 2.19. The SMILES string of the molecule is CCCC1C(C)(C)CCC(O)C1(C)C(=O)O. The van der Waals surface area contributed by atoms with Crippen LogP contribution < -0.4 is 0 Å². The van der Waals surface area contributed by atoms with Crippen molar-refractivity contribution in [2.75, 3.05) is 0 Å². The lowest BCUT2D eigenvalue weighted by molar-refractivity contribution is -0.175. The van der Waals surface area contributed by atoms with Gasteiger partial charge in [0.1, 0.15) is 0 Å². The van der Waals surface area contributed by atoms with Gasteiger partial charge in [0.25, 0.3) is 0 Å². The smallest absolute Gasteiger partial charge is 0.312 e. The predicted molar refractivity (Wildman–Crippen MR) is 63.2 cm³/mol. The van der Waals surface area contributed by atoms with Crippen molar-refractivity contribution in [3.05, 3.63) is 0 Å². The van der Waals surface area contributed by atoms with Crippen LogP contribution in [0.15, 0.2) is 0 Å². The summed E-state index contributed by atoms with van der Waals surface area (Å²) in [6.07, 6.45) is 2.61. The molecule has 3 atom stereocenters. The van der Waals surface area contributed by atoms with E-state index in [0.717, 1.165) is 19.3 Å². The van der Waals surface area contributed by atoms with Gasteiger partial charge in [-0.25, -0.2) is 0 Å². The zero-order valence-corrected chi connectivity index (χ0v) is 10.8. The van der Waals surface area contributed by atoms with Crippen LogP contribution in [0.25, 0.3) is 0 Å². The molecule has 1 aliphatic rings. The average molecular weight is 228 g/mol. The van der Waals surface area contributed by atoms with Crippen molar-refractivity contribution in [2.45, 2.75) is 59.5 Å². The molecule has 0 bridgehead atoms. The van der Waals surface area contributed by atoms with Crippen LogP contribution in [-0.4, -0.2) is 22.3 Å². The highest BCUT2D eigenvalue weighted by Gasteiger charge is 2.55. The van der Waals surface area contributed by atoms with Crippen molar-refractivity contribution in [3.63, 3.8) is 0 Å². The minimum Gasteiger partial charge on any atom is -0.481 e. The van der Waals surface area contributed by atoms with E-state index in [0.29, 0.717) is 6.42 Å². The van der Waals surface area contributed by atoms with Crippen LogP contribution in [0.3, 0.4) is 0 Å². The van der Waals surface area contributed by atoms with Crippen molar-refractivity contribution in [1.82, 2.24) is 0 Å². The van der Waals surface area contributed by atoms with E-state index >= 15 is 0 Å². The molecular formula is C13H24O3. The molecule has 0 radical (unpaired) electrons. The molecule has 0 aromatic carbocycles. The first-order chi connectivity index (χ1) is 7.26. The molecule has 16 heavy (non-hydrogen) atoms. The van der Waals surface area contributed by atoms with Crippen LogP contribution >= 0.6 is 0 Å². The van der Waals surface area contributed by atoms with Gasteiger partial charge in [-0.2, -0.15) is 0 Å². The molecule has 0 aromatic rings. The summed E-state index contributed by atoms with van der Waals surface area (Å²) >= 11 is 0. The maximum absolute atomic E-state index is 11.5. The zero-order valence-electron chi connectivity index (χ0n) is 10.8. The first kappa shape index (κ1) is 13.5. The Morgan fingerprint density at radius 2 is 1.94 bits per heavy atom. The topological polar surface area (TPSA) is 57.5 Å². The largest absolute Gasteiger partial charge is 0.481 e. The molecule has 2 N–H and O–H groups in total. The maximum atomic E-state index is 11.5. The van der Waals surface area contributed by atoms with E-state index in [1.165, 1.54) is 0 Å². The van der Waals surface area contributed by atoms with Gasteiger partial charge in [0.05, 0.1) is 11.5 Å². The normalized spacial score (nSPS) is 38.3. The number of aliphatic hydroxyl groups excluding tert-OH is 1. The fraction of sp³-hybridized carbons (Fsp3) is 0.923. The molecule has 1 rings (SSSR count). The van der Waals surface area contributed by atoms with Crippen LogP contribution in [0.5, 0.6) is 0 Å². The van der Waals surface area contributed by atoms with Gasteiger partial charge in [-0.05, 0) is 37.5 Å². The Labute approximate surface area is 97.9 Å². The first-order valence-electron chi connectivity index (χ1n) is 6.18. The summed E-state index contributed by atoms with van der Waals surface area (Å²) in [6, 6.07) is 0. The molecule has 94 valence electrons. The number of carbonyl (C=O) groups is 1. The van der Waals surface area contributed by atoms with Crippen molar-refractivity contribution in [1.29, 1.82) is 0 Å². The predicted octanol–water partition coefficient (Wildman–Crippen LogP) is 2.67. The molecule has 1 fully saturated rings. The summed E-state index contributed by atoms with van der Waals surface area (Å²) in [5.41, 5.74) is -0.986. The Bertz CT molecular complexity index is 272. The number of carboxylic acid groups (broad SMARTS) is 1. The molecule has 1 aliphatic carbocycles. The van der Waals surface area contributed by atoms with E-state index in [-0.39, 0.29) is 11.3 Å². The van der Waals surface area contributed by atoms with Crippen LogP contribution in [-0.2, 0) is 4.79 Å². The quantitative estimate of drug-likeness (QED) is 0.780. The van der Waals surface area contributed by atoms with Gasteiger partial charge in [0.15, 0.2) is 0 Å². The number of rotatable bonds is 3. The summed E-state index contributed by atoms with van der Waals surface area (Å²) in [7, 11) is 0. The van der Waals surface area contributed by atoms with Gasteiger partial charge in [-0.15, -0.1) is 0 Å². The van der Waals surface area contributed by atoms with Crippen LogP contribution in [0.4, 0.5) is 0 Å². The van der Waals surface area contributed by atoms with Crippen molar-refractivity contribution in [3.8, 4) is 0 Å². The molecule has 0 heterocycles. The highest BCUT2D eigenvalue weighted by atomic mass is 16.4. The second-order valence-corrected chi connectivity index (χ2v) is 5.97. The third-order valence-corrected chi connectivity index (χ3v) is 4.46. The summed E-state index contributed by atoms with van der Waals surface area (Å²) in [5.74, 6) is -0.808. The van der Waals surface area contributed by atoms with Crippen LogP contribution in [0.2, 0.25) is 0 Å². The number of hydrogen-bond donors (Lipinski definition) is 2. The van der Waals surface area contributed by atoms with Gasteiger partial charge in [0.2, 0.25) is 0 Å². The van der Waals surface area contributed by atoms with Gasteiger partial charge >= 0.3 is 5.97 Å². The Hall–Kier alpha value is -0.570. The second kappa shape index (κ2) is 4.36. The zero-order chi connectivity index (χ0) is 12.6. The highest BCUT2D eigenvalue weighted by Crippen LogP contribution is 2.53. The van der Waals surface area contributed by atoms with Crippen molar-refractivity contribution >= 4 is 5.97 Å². The van der Waals surface area contributed by atoms with Gasteiger partial charge in [-0.3, -0.25) is 4.79 Å². The monoisotopic (exact) mass is 228 g/mol. The maximum Gasteiger partial charge on any atom is 0.312 e. The fourth-order valence-corrected chi connectivity index (χ4v) is 3.30. The number of carboxylic acids is 1. The molecule has 0 spiro atoms. The molecule has 3 nitrogen and oxygen atoms in total. The summed E-state index contributed by atoms with van der Waals surface area (Å²) < 4.78 is 0. The van der Waals surface area contributed by atoms with E-state index in [1.54, 1.807) is 6.92 Å². The summed E-state index contributed by atoms with van der Waals surface area (Å²) in [4.78, 5) is 11.5. The van der Waals surface area contributed by atoms with E-state index < -0.39 is 17.5 Å². The third-order valence-electron chi connectivity index (χ3n) is 4.46. The molecule has 3 unspecified atom stereocenters. The molecular weight excluding hydrogens is 204 g/mol. The van der Waals surface area contributed by atoms with Gasteiger partial charge < -0.3 is 10.2 Å². The van der Waals surface area contributed by atoms with E-state index in [4.69, 9.17) is 0 Å². The molecule has 0 aliphatic heterocycles. The molecule has 0 saturated heterocycles. The lowest BCUT2D eigenvalue weighted by Crippen LogP contribution is -2.54. The van der Waals surface area contributed by atoms with E-state index in [2.05, 4.69) is 20.8 Å². The first-order valence-corrected chi connectivity index (χ1v) is 6.18. The van der Waals surface area contributed by atoms with Crippen LogP contribution in [0, 0.1) is 16.7 Å². The highest BCUT2D eigenvalue weighted by molar-refractivity contribution is 5.75. The number of aliphatic hydroxyl groups is 1. The molecule has 3 heteroatoms. The number of aliphatic carboxylic acids is 1. The summed E-state index contributed by atoms with van der Waals surface area (Å²) in [5, 5.41) is 19.5. The Kier molecular flexibility index (Phi) is 3.68. The molecule has 0 amide bonds. The second-order valence-electron chi connectivity index (χ2n) is 5.97. The van der Waals surface area contributed by atoms with Gasteiger partial charge in [0, 0.05) is 0 Å². The van der Waals surface area contributed by atoms with E-state index in [1.807, 2.05) is 0 Å². The molecule has 1 saturated carbocycles. The fourth-order valence-electron chi connectivity index (χ4n) is 3.30. The van der Waals surface area contributed by atoms with Crippen molar-refractivity contribution in [2.24, 2.45) is 16.7 Å². The molecule has 0 aromatic heterocycles. The van der Waals surface area contributed by atoms with E-state index in [9.17, 15) is 15.0 Å². The van der Waals surface area contributed by atoms with Crippen molar-refractivity contribution < 1.29 is 15.0 Å². The Morgan fingerprint density at radius 3 is 2.38 bits per heavy atom. The summed E-state index contributed by atoms with van der Waals surface area (Å²) in [6.45, 7) is 8.03. The number of hydrogen-bond acceptors (Lipinski definition) is 2. The standard InChI is InChI=1S/C13H24O3/c1-5-6-9-12(2,3)8-7-10(14)13(9,4)11(15)16/h9-10,14H,5-8H2,1-4H3,(H,15,16). The van der Waals surface area contributed by atoms with Gasteiger partial charge in [-0.1, -0.05) is 27.2 Å². The third kappa shape index (κ3) is 1.97. The lowest BCUT2D eigenvalue weighted by atomic mass is 9.54.